The molecule has 0 aromatic carbocycles. The first-order valence-electron chi connectivity index (χ1n) is 18.4. The molecule has 0 amide bonds. The molecular weight excluding hydrogens is 865 g/mol. The second-order valence-electron chi connectivity index (χ2n) is 14.6. The number of rotatable bonds is 19. The maximum atomic E-state index is 13.3. The fourth-order valence-electron chi connectivity index (χ4n) is 7.47. The number of hydrogen-bond acceptors (Lipinski definition) is 25. The van der Waals surface area contributed by atoms with Gasteiger partial charge in [-0.15, -0.1) is 0 Å². The predicted molar refractivity (Wildman–Crippen MR) is 185 cm³/mol. The Morgan fingerprint density at radius 1 is 0.754 bits per heavy atom. The Bertz CT molecular complexity index is 1500. The van der Waals surface area contributed by atoms with Crippen LogP contribution in [0.5, 0.6) is 0 Å². The van der Waals surface area contributed by atoms with Crippen molar-refractivity contribution in [3.05, 3.63) is 0 Å². The lowest BCUT2D eigenvalue weighted by molar-refractivity contribution is -0.399. The Morgan fingerprint density at radius 3 is 1.84 bits per heavy atom. The Morgan fingerprint density at radius 2 is 1.31 bits per heavy atom. The smallest absolute Gasteiger partial charge is 0.470 e. The zero-order chi connectivity index (χ0) is 45.9. The van der Waals surface area contributed by atoms with Crippen LogP contribution in [0.4, 0.5) is 0 Å². The van der Waals surface area contributed by atoms with Crippen molar-refractivity contribution in [2.24, 2.45) is 0 Å². The first-order valence-corrected chi connectivity index (χ1v) is 20.0. The van der Waals surface area contributed by atoms with E-state index >= 15 is 0 Å². The van der Waals surface area contributed by atoms with Crippen LogP contribution in [0.1, 0.15) is 12.8 Å². The topological polar surface area (TPSA) is 470 Å². The van der Waals surface area contributed by atoms with Gasteiger partial charge in [0, 0.05) is 20.0 Å². The van der Waals surface area contributed by atoms with Crippen LogP contribution in [0.2, 0.25) is 0 Å². The average molecular weight is 920 g/mol. The third kappa shape index (κ3) is 11.2. The van der Waals surface area contributed by atoms with Gasteiger partial charge in [-0.2, -0.15) is 0 Å². The van der Waals surface area contributed by atoms with E-state index in [9.17, 15) is 95.4 Å². The van der Waals surface area contributed by atoms with Gasteiger partial charge in [-0.3, -0.25) is 4.52 Å². The van der Waals surface area contributed by atoms with Crippen LogP contribution in [0.15, 0.2) is 0 Å². The highest BCUT2D eigenvalue weighted by Gasteiger charge is 2.63. The first kappa shape index (κ1) is 51.8. The molecule has 4 aliphatic rings. The number of aliphatic hydroxyl groups is 12. The molecule has 4 saturated heterocycles. The number of phosphoric ester groups is 1. The van der Waals surface area contributed by atoms with Gasteiger partial charge < -0.3 is 124 Å². The number of phosphoric acid groups is 1. The minimum absolute atomic E-state index is 1.07. The van der Waals surface area contributed by atoms with Crippen LogP contribution < -0.4 is 5.32 Å². The maximum Gasteiger partial charge on any atom is 0.470 e. The zero-order valence-electron chi connectivity index (χ0n) is 32.2. The normalized spacial score (nSPS) is 43.9. The molecule has 30 heteroatoms. The molecule has 21 atom stereocenters. The van der Waals surface area contributed by atoms with Crippen LogP contribution in [0.3, 0.4) is 0 Å². The van der Waals surface area contributed by atoms with Gasteiger partial charge in [-0.1, -0.05) is 0 Å². The molecule has 17 N–H and O–H groups in total. The van der Waals surface area contributed by atoms with Crippen LogP contribution in [-0.4, -0.2) is 262 Å². The summed E-state index contributed by atoms with van der Waals surface area (Å²) in [5.41, 5.74) is 0. The van der Waals surface area contributed by atoms with E-state index in [1.807, 2.05) is 0 Å². The Kier molecular flexibility index (Phi) is 17.9. The summed E-state index contributed by atoms with van der Waals surface area (Å²) in [4.78, 5) is 45.7. The van der Waals surface area contributed by atoms with Crippen LogP contribution in [0, 0.1) is 0 Å². The molecule has 4 rings (SSSR count). The van der Waals surface area contributed by atoms with Crippen molar-refractivity contribution in [2.75, 3.05) is 40.6 Å². The van der Waals surface area contributed by atoms with Crippen molar-refractivity contribution >= 4 is 19.8 Å². The van der Waals surface area contributed by atoms with Crippen molar-refractivity contribution in [3.63, 3.8) is 0 Å². The second-order valence-corrected chi connectivity index (χ2v) is 15.8. The maximum absolute atomic E-state index is 13.3. The lowest BCUT2D eigenvalue weighted by atomic mass is 9.89. The van der Waals surface area contributed by atoms with Crippen molar-refractivity contribution in [3.8, 4) is 0 Å². The number of carboxylic acid groups (broad SMARTS) is 2. The molecule has 61 heavy (non-hydrogen) atoms. The molecule has 0 saturated carbocycles. The average Bonchev–Trinajstić information content (AvgIpc) is 3.20. The monoisotopic (exact) mass is 919 g/mol. The highest BCUT2D eigenvalue weighted by atomic mass is 31.2. The number of aliphatic hydroxyl groups excluding tert-OH is 12. The minimum Gasteiger partial charge on any atom is -0.477 e. The molecular formula is C31H54NO28P. The van der Waals surface area contributed by atoms with Gasteiger partial charge in [-0.25, -0.2) is 14.2 Å². The fourth-order valence-corrected chi connectivity index (χ4v) is 8.05. The molecule has 0 bridgehead atoms. The lowest BCUT2D eigenvalue weighted by Crippen LogP contribution is -2.70. The number of hydrogen-bond donors (Lipinski definition) is 17. The highest BCUT2D eigenvalue weighted by molar-refractivity contribution is 7.46. The highest BCUT2D eigenvalue weighted by Crippen LogP contribution is 2.45. The predicted octanol–water partition coefficient (Wildman–Crippen LogP) is -9.70. The molecule has 4 heterocycles. The molecule has 0 aliphatic carbocycles. The quantitative estimate of drug-likeness (QED) is 0.0535. The summed E-state index contributed by atoms with van der Waals surface area (Å²) in [6, 6.07) is -1.23. The standard InChI is InChI=1S/C31H54NO28P/c1-32-15-25(52-2)24(60-61(49,50)51)14(54-26(15)44)8-53-30(28(45)46)4-13(57-31(29(47)48)3-9(36)16(40)21(58-31)11(38)6-34)23(22(59-30)12(39)7-35)56-27-19(43)17(41)18(42)20(55-27)10(37)5-33/h9-27,32-44H,3-8H2,1-2H3,(H,45,46)(H,47,48)(H2,49,50,51)/t9-,10+,11-,12-,13-,14-,15-,16-,17+,18+,19+,20-,21-,22-,23-,24-,25-,26-,27-,30-,31-/m1/s1. The molecule has 0 radical (unpaired) electrons. The van der Waals surface area contributed by atoms with Gasteiger partial charge in [0.1, 0.15) is 85.5 Å². The summed E-state index contributed by atoms with van der Waals surface area (Å²) in [5, 5.41) is 149. The number of aliphatic carboxylic acids is 2. The Balaban J connectivity index is 1.85. The van der Waals surface area contributed by atoms with Crippen LogP contribution in [-0.2, 0) is 56.6 Å². The van der Waals surface area contributed by atoms with E-state index in [1.54, 1.807) is 0 Å². The third-order valence-corrected chi connectivity index (χ3v) is 11.1. The summed E-state index contributed by atoms with van der Waals surface area (Å²) >= 11 is 0. The lowest BCUT2D eigenvalue weighted by Gasteiger charge is -2.52. The van der Waals surface area contributed by atoms with Gasteiger partial charge in [-0.05, 0) is 7.05 Å². The van der Waals surface area contributed by atoms with E-state index in [2.05, 4.69) is 5.32 Å². The number of likely N-dealkylation sites (N-methyl/N-ethyl adjacent to an activating group) is 1. The van der Waals surface area contributed by atoms with E-state index < -0.39 is 187 Å². The van der Waals surface area contributed by atoms with E-state index in [0.717, 1.165) is 7.11 Å². The van der Waals surface area contributed by atoms with Gasteiger partial charge >= 0.3 is 19.8 Å². The summed E-state index contributed by atoms with van der Waals surface area (Å²) in [6.45, 7) is -4.77. The SMILES string of the molecule is CN[C@@H]1[C@@H](OC)[C@H](OP(=O)(O)O)[C@@H](CO[C@]2(C(=O)O)C[C@@H](O[C@]3(C(=O)O)C[C@@H](O)[C@@H](O)[C@@H]([C@H](O)CO)O3)[C@@H](O[C@H]3O[C@H]([C@@H](O)CO)[C@@H](O)[C@H](O)[C@@H]3O)[C@@H]([C@H](O)CO)O2)O[C@H]1O. The number of ether oxygens (including phenoxy) is 8. The fraction of sp³-hybridized carbons (Fsp3) is 0.935. The van der Waals surface area contributed by atoms with Crippen molar-refractivity contribution in [1.29, 1.82) is 0 Å². The summed E-state index contributed by atoms with van der Waals surface area (Å²) in [7, 11) is -3.05. The summed E-state index contributed by atoms with van der Waals surface area (Å²) in [6.07, 6.45) is -40.1. The third-order valence-electron chi connectivity index (χ3n) is 10.6. The number of carboxylic acids is 2. The number of carbonyl (C=O) groups is 2. The van der Waals surface area contributed by atoms with E-state index in [4.69, 9.17) is 42.4 Å². The molecule has 29 nitrogen and oxygen atoms in total. The number of methoxy groups -OCH3 is 1. The minimum atomic E-state index is -5.43. The molecule has 0 unspecified atom stereocenters. The molecule has 0 aromatic rings. The van der Waals surface area contributed by atoms with Crippen molar-refractivity contribution < 1.29 is 138 Å². The van der Waals surface area contributed by atoms with Gasteiger partial charge in [0.25, 0.3) is 11.6 Å². The largest absolute Gasteiger partial charge is 0.477 e. The first-order chi connectivity index (χ1) is 28.4. The molecule has 0 aromatic heterocycles. The van der Waals surface area contributed by atoms with Gasteiger partial charge in [0.15, 0.2) is 12.6 Å². The molecule has 4 fully saturated rings. The van der Waals surface area contributed by atoms with Crippen LogP contribution >= 0.6 is 7.82 Å². The van der Waals surface area contributed by atoms with E-state index in [-0.39, 0.29) is 0 Å². The summed E-state index contributed by atoms with van der Waals surface area (Å²) in [5.74, 6) is -10.8. The molecule has 4 aliphatic heterocycles. The van der Waals surface area contributed by atoms with E-state index in [1.165, 1.54) is 7.05 Å². The van der Waals surface area contributed by atoms with Crippen molar-refractivity contribution in [1.82, 2.24) is 5.32 Å². The zero-order valence-corrected chi connectivity index (χ0v) is 33.1. The Hall–Kier alpha value is -1.79. The number of nitrogens with one attached hydrogen (secondary N) is 1. The van der Waals surface area contributed by atoms with E-state index in [0.29, 0.717) is 0 Å². The van der Waals surface area contributed by atoms with Gasteiger partial charge in [0.2, 0.25) is 0 Å². The van der Waals surface area contributed by atoms with Gasteiger partial charge in [0.05, 0.1) is 44.7 Å². The van der Waals surface area contributed by atoms with Crippen molar-refractivity contribution in [2.45, 2.75) is 141 Å². The molecule has 356 valence electrons. The van der Waals surface area contributed by atoms with Crippen LogP contribution in [0.25, 0.3) is 0 Å². The molecule has 0 spiro atoms. The Labute approximate surface area is 344 Å². The summed E-state index contributed by atoms with van der Waals surface area (Å²) < 4.78 is 61.6. The second kappa shape index (κ2) is 21.0.